The van der Waals surface area contributed by atoms with Crippen LogP contribution in [0.25, 0.3) is 10.9 Å². The maximum atomic E-state index is 12.5. The van der Waals surface area contributed by atoms with Gasteiger partial charge in [0.15, 0.2) is 0 Å². The fraction of sp³-hybridized carbons (Fsp3) is 0.375. The van der Waals surface area contributed by atoms with Crippen LogP contribution in [-0.4, -0.2) is 29.5 Å². The van der Waals surface area contributed by atoms with Gasteiger partial charge >= 0.3 is 5.97 Å². The Kier molecular flexibility index (Phi) is 4.31. The molecule has 5 nitrogen and oxygen atoms in total. The van der Waals surface area contributed by atoms with Crippen LogP contribution in [0.3, 0.4) is 0 Å². The monoisotopic (exact) mass is 288 g/mol. The normalized spacial score (nSPS) is 13.7. The lowest BCUT2D eigenvalue weighted by atomic mass is 9.95. The number of hydrogen-bond acceptors (Lipinski definition) is 3. The number of H-pyrrole nitrogens is 1. The van der Waals surface area contributed by atoms with Crippen LogP contribution in [0.4, 0.5) is 0 Å². The summed E-state index contributed by atoms with van der Waals surface area (Å²) in [6.45, 7) is 3.65. The van der Waals surface area contributed by atoms with Gasteiger partial charge in [-0.1, -0.05) is 25.5 Å². The van der Waals surface area contributed by atoms with Crippen molar-refractivity contribution in [1.29, 1.82) is 0 Å². The average molecular weight is 288 g/mol. The average Bonchev–Trinajstić information content (AvgIpc) is 2.94. The first kappa shape index (κ1) is 15.1. The fourth-order valence-corrected chi connectivity index (χ4v) is 2.53. The molecule has 21 heavy (non-hydrogen) atoms. The van der Waals surface area contributed by atoms with Crippen LogP contribution in [0, 0.1) is 0 Å². The number of aromatic nitrogens is 1. The first-order chi connectivity index (χ1) is 10.0. The third kappa shape index (κ3) is 2.91. The molecule has 2 N–H and O–H groups in total. The Bertz CT molecular complexity index is 662. The van der Waals surface area contributed by atoms with Crippen LogP contribution in [-0.2, 0) is 9.53 Å². The van der Waals surface area contributed by atoms with E-state index in [2.05, 4.69) is 10.3 Å². The number of hydrogen-bond donors (Lipinski definition) is 2. The number of para-hydroxylation sites is 1. The van der Waals surface area contributed by atoms with Crippen LogP contribution < -0.4 is 5.32 Å². The zero-order chi connectivity index (χ0) is 15.5. The second kappa shape index (κ2) is 5.99. The third-order valence-corrected chi connectivity index (χ3v) is 3.61. The summed E-state index contributed by atoms with van der Waals surface area (Å²) in [4.78, 5) is 27.5. The first-order valence-corrected chi connectivity index (χ1v) is 6.99. The van der Waals surface area contributed by atoms with E-state index < -0.39 is 11.5 Å². The van der Waals surface area contributed by atoms with Gasteiger partial charge in [-0.3, -0.25) is 4.79 Å². The van der Waals surface area contributed by atoms with Crippen molar-refractivity contribution in [2.75, 3.05) is 7.11 Å². The van der Waals surface area contributed by atoms with Gasteiger partial charge in [-0.25, -0.2) is 4.79 Å². The molecule has 5 heteroatoms. The molecule has 0 aliphatic rings. The fourth-order valence-electron chi connectivity index (χ4n) is 2.53. The number of ether oxygens (including phenoxy) is 1. The van der Waals surface area contributed by atoms with Crippen molar-refractivity contribution in [3.05, 3.63) is 36.0 Å². The van der Waals surface area contributed by atoms with E-state index in [-0.39, 0.29) is 5.91 Å². The maximum Gasteiger partial charge on any atom is 0.331 e. The molecule has 1 heterocycles. The number of nitrogens with one attached hydrogen (secondary N) is 2. The lowest BCUT2D eigenvalue weighted by Crippen LogP contribution is -2.52. The molecule has 0 aliphatic carbocycles. The van der Waals surface area contributed by atoms with Gasteiger partial charge in [-0.2, -0.15) is 0 Å². The minimum absolute atomic E-state index is 0.288. The maximum absolute atomic E-state index is 12.5. The number of methoxy groups -OCH3 is 1. The molecule has 2 rings (SSSR count). The van der Waals surface area contributed by atoms with E-state index >= 15 is 0 Å². The number of carbonyl (C=O) groups is 2. The topological polar surface area (TPSA) is 71.2 Å². The minimum atomic E-state index is -1.02. The van der Waals surface area contributed by atoms with E-state index in [1.807, 2.05) is 25.1 Å². The van der Waals surface area contributed by atoms with Gasteiger partial charge in [-0.15, -0.1) is 0 Å². The number of aromatic amines is 1. The van der Waals surface area contributed by atoms with Gasteiger partial charge in [0.2, 0.25) is 0 Å². The molecule has 1 unspecified atom stereocenters. The summed E-state index contributed by atoms with van der Waals surface area (Å²) in [5.74, 6) is -0.722. The SMILES string of the molecule is CCCC(C)(NC(=O)c1cccc2cc[nH]c12)C(=O)OC. The Balaban J connectivity index is 2.31. The molecule has 1 amide bonds. The number of carbonyl (C=O) groups excluding carboxylic acids is 2. The van der Waals surface area contributed by atoms with Crippen LogP contribution in [0.2, 0.25) is 0 Å². The third-order valence-electron chi connectivity index (χ3n) is 3.61. The summed E-state index contributed by atoms with van der Waals surface area (Å²) in [5, 5.41) is 3.77. The second-order valence-electron chi connectivity index (χ2n) is 5.28. The Morgan fingerprint density at radius 2 is 2.10 bits per heavy atom. The summed E-state index contributed by atoms with van der Waals surface area (Å²) in [6, 6.07) is 7.38. The van der Waals surface area contributed by atoms with Gasteiger partial charge in [-0.05, 0) is 25.5 Å². The smallest absolute Gasteiger partial charge is 0.331 e. The molecular weight excluding hydrogens is 268 g/mol. The van der Waals surface area contributed by atoms with Crippen molar-refractivity contribution in [1.82, 2.24) is 10.3 Å². The van der Waals surface area contributed by atoms with Crippen LogP contribution in [0.1, 0.15) is 37.0 Å². The largest absolute Gasteiger partial charge is 0.467 e. The molecule has 1 atom stereocenters. The summed E-state index contributed by atoms with van der Waals surface area (Å²) in [5.41, 5.74) is 0.262. The standard InChI is InChI=1S/C16H20N2O3/c1-4-9-16(2,15(20)21-3)18-14(19)12-7-5-6-11-8-10-17-13(11)12/h5-8,10,17H,4,9H2,1-3H3,(H,18,19). The van der Waals surface area contributed by atoms with Crippen molar-refractivity contribution < 1.29 is 14.3 Å². The highest BCUT2D eigenvalue weighted by Gasteiger charge is 2.35. The molecule has 0 fully saturated rings. The quantitative estimate of drug-likeness (QED) is 0.831. The summed E-state index contributed by atoms with van der Waals surface area (Å²) >= 11 is 0. The lowest BCUT2D eigenvalue weighted by Gasteiger charge is -2.27. The summed E-state index contributed by atoms with van der Waals surface area (Å²) < 4.78 is 4.82. The van der Waals surface area contributed by atoms with Crippen LogP contribution >= 0.6 is 0 Å². The second-order valence-corrected chi connectivity index (χ2v) is 5.28. The number of rotatable bonds is 5. The number of esters is 1. The molecule has 0 saturated heterocycles. The van der Waals surface area contributed by atoms with E-state index in [1.54, 1.807) is 19.2 Å². The van der Waals surface area contributed by atoms with Gasteiger partial charge in [0.25, 0.3) is 5.91 Å². The predicted octanol–water partition coefficient (Wildman–Crippen LogP) is 2.63. The molecule has 0 aliphatic heterocycles. The first-order valence-electron chi connectivity index (χ1n) is 6.99. The van der Waals surface area contributed by atoms with E-state index in [0.29, 0.717) is 12.0 Å². The van der Waals surface area contributed by atoms with E-state index in [0.717, 1.165) is 17.3 Å². The van der Waals surface area contributed by atoms with E-state index in [4.69, 9.17) is 4.74 Å². The Morgan fingerprint density at radius 3 is 2.76 bits per heavy atom. The highest BCUT2D eigenvalue weighted by molar-refractivity contribution is 6.07. The highest BCUT2D eigenvalue weighted by atomic mass is 16.5. The highest BCUT2D eigenvalue weighted by Crippen LogP contribution is 2.20. The molecule has 0 radical (unpaired) electrons. The Morgan fingerprint density at radius 1 is 1.33 bits per heavy atom. The van der Waals surface area contributed by atoms with Gasteiger partial charge in [0.05, 0.1) is 18.2 Å². The van der Waals surface area contributed by atoms with Crippen molar-refractivity contribution in [2.45, 2.75) is 32.2 Å². The molecule has 1 aromatic carbocycles. The minimum Gasteiger partial charge on any atom is -0.467 e. The van der Waals surface area contributed by atoms with Gasteiger partial charge in [0, 0.05) is 11.6 Å². The summed E-state index contributed by atoms with van der Waals surface area (Å²) in [6.07, 6.45) is 3.07. The van der Waals surface area contributed by atoms with E-state index in [9.17, 15) is 9.59 Å². The Labute approximate surface area is 123 Å². The van der Waals surface area contributed by atoms with Gasteiger partial charge in [0.1, 0.15) is 5.54 Å². The molecular formula is C16H20N2O3. The van der Waals surface area contributed by atoms with E-state index in [1.165, 1.54) is 7.11 Å². The number of amides is 1. The molecule has 0 bridgehead atoms. The molecule has 0 saturated carbocycles. The number of benzene rings is 1. The van der Waals surface area contributed by atoms with Crippen molar-refractivity contribution in [2.24, 2.45) is 0 Å². The lowest BCUT2D eigenvalue weighted by molar-refractivity contribution is -0.147. The zero-order valence-corrected chi connectivity index (χ0v) is 12.5. The summed E-state index contributed by atoms with van der Waals surface area (Å²) in [7, 11) is 1.33. The number of fused-ring (bicyclic) bond motifs is 1. The van der Waals surface area contributed by atoms with Crippen LogP contribution in [0.5, 0.6) is 0 Å². The predicted molar refractivity (Wildman–Crippen MR) is 81.1 cm³/mol. The Hall–Kier alpha value is -2.30. The van der Waals surface area contributed by atoms with Crippen LogP contribution in [0.15, 0.2) is 30.5 Å². The van der Waals surface area contributed by atoms with Gasteiger partial charge < -0.3 is 15.0 Å². The molecule has 1 aromatic heterocycles. The molecule has 0 spiro atoms. The zero-order valence-electron chi connectivity index (χ0n) is 12.5. The van der Waals surface area contributed by atoms with Crippen molar-refractivity contribution in [3.8, 4) is 0 Å². The van der Waals surface area contributed by atoms with Crippen molar-refractivity contribution >= 4 is 22.8 Å². The molecule has 112 valence electrons. The van der Waals surface area contributed by atoms with Crippen molar-refractivity contribution in [3.63, 3.8) is 0 Å². The molecule has 2 aromatic rings.